The molecule has 1 aliphatic heterocycles. The first-order valence-electron chi connectivity index (χ1n) is 4.96. The molecule has 7 heteroatoms. The number of carbonyl (C=O) groups excluding carboxylic acids is 1. The summed E-state index contributed by atoms with van der Waals surface area (Å²) < 4.78 is 23.6. The van der Waals surface area contributed by atoms with Crippen LogP contribution in [0.1, 0.15) is 23.2 Å². The number of fused-ring (bicyclic) bond motifs is 1. The van der Waals surface area contributed by atoms with Gasteiger partial charge in [-0.3, -0.25) is 14.9 Å². The molecule has 0 bridgehead atoms. The van der Waals surface area contributed by atoms with Crippen molar-refractivity contribution in [3.63, 3.8) is 0 Å². The van der Waals surface area contributed by atoms with E-state index in [0.29, 0.717) is 0 Å². The predicted octanol–water partition coefficient (Wildman–Crippen LogP) is 1.35. The number of carbonyl (C=O) groups is 1. The largest absolute Gasteiger partial charge is 0.294 e. The van der Waals surface area contributed by atoms with Gasteiger partial charge in [-0.25, -0.2) is 8.42 Å². The average molecular weight is 255 g/mol. The van der Waals surface area contributed by atoms with Gasteiger partial charge in [0.15, 0.2) is 15.6 Å². The standard InChI is InChI=1S/C10H9NO5S/c12-9-2-1-5-17(15,16)10-4-3-7(11(13)14)6-8(9)10/h3-4,6H,1-2,5H2. The maximum absolute atomic E-state index is 11.8. The molecule has 0 N–H and O–H groups in total. The molecule has 0 unspecified atom stereocenters. The molecule has 2 rings (SSSR count). The fraction of sp³-hybridized carbons (Fsp3) is 0.300. The van der Waals surface area contributed by atoms with Crippen molar-refractivity contribution in [3.05, 3.63) is 33.9 Å². The molecule has 0 aliphatic carbocycles. The first kappa shape index (κ1) is 11.7. The number of hydrogen-bond acceptors (Lipinski definition) is 5. The molecule has 90 valence electrons. The lowest BCUT2D eigenvalue weighted by molar-refractivity contribution is -0.384. The molecule has 1 aliphatic rings. The van der Waals surface area contributed by atoms with E-state index in [2.05, 4.69) is 0 Å². The summed E-state index contributed by atoms with van der Waals surface area (Å²) in [6.07, 6.45) is 0.358. The highest BCUT2D eigenvalue weighted by molar-refractivity contribution is 7.91. The summed E-state index contributed by atoms with van der Waals surface area (Å²) >= 11 is 0. The predicted molar refractivity (Wildman–Crippen MR) is 58.7 cm³/mol. The van der Waals surface area contributed by atoms with E-state index in [1.54, 1.807) is 0 Å². The summed E-state index contributed by atoms with van der Waals surface area (Å²) in [4.78, 5) is 21.5. The average Bonchev–Trinajstić information content (AvgIpc) is 2.37. The maximum Gasteiger partial charge on any atom is 0.270 e. The summed E-state index contributed by atoms with van der Waals surface area (Å²) in [6.45, 7) is 0. The second-order valence-electron chi connectivity index (χ2n) is 3.78. The lowest BCUT2D eigenvalue weighted by Gasteiger charge is -2.04. The lowest BCUT2D eigenvalue weighted by Crippen LogP contribution is -2.07. The second-order valence-corrected chi connectivity index (χ2v) is 5.86. The fourth-order valence-corrected chi connectivity index (χ4v) is 3.32. The number of hydrogen-bond donors (Lipinski definition) is 0. The van der Waals surface area contributed by atoms with Gasteiger partial charge in [0.2, 0.25) is 0 Å². The zero-order valence-electron chi connectivity index (χ0n) is 8.75. The van der Waals surface area contributed by atoms with Crippen molar-refractivity contribution in [1.82, 2.24) is 0 Å². The Balaban J connectivity index is 2.70. The zero-order valence-corrected chi connectivity index (χ0v) is 9.57. The highest BCUT2D eigenvalue weighted by Crippen LogP contribution is 2.27. The minimum absolute atomic E-state index is 0.0586. The van der Waals surface area contributed by atoms with Crippen molar-refractivity contribution in [2.24, 2.45) is 0 Å². The highest BCUT2D eigenvalue weighted by atomic mass is 32.2. The number of Topliss-reactive ketones (excluding diaryl/α,β-unsaturated/α-hetero) is 1. The Bertz CT molecular complexity index is 605. The van der Waals surface area contributed by atoms with Crippen LogP contribution in [0.25, 0.3) is 0 Å². The Morgan fingerprint density at radius 3 is 2.65 bits per heavy atom. The Morgan fingerprint density at radius 2 is 2.00 bits per heavy atom. The Morgan fingerprint density at radius 1 is 1.29 bits per heavy atom. The van der Waals surface area contributed by atoms with Crippen molar-refractivity contribution in [3.8, 4) is 0 Å². The first-order valence-corrected chi connectivity index (χ1v) is 6.61. The van der Waals surface area contributed by atoms with E-state index in [-0.39, 0.29) is 40.5 Å². The molecule has 1 heterocycles. The third-order valence-electron chi connectivity index (χ3n) is 2.63. The minimum Gasteiger partial charge on any atom is -0.294 e. The van der Waals surface area contributed by atoms with Crippen LogP contribution in [0, 0.1) is 10.1 Å². The second kappa shape index (κ2) is 3.92. The SMILES string of the molecule is O=C1CCCS(=O)(=O)c2ccc([N+](=O)[O-])cc21. The molecule has 1 aromatic rings. The number of nitro groups is 1. The van der Waals surface area contributed by atoms with Gasteiger partial charge in [-0.15, -0.1) is 0 Å². The lowest BCUT2D eigenvalue weighted by atomic mass is 10.1. The molecule has 0 radical (unpaired) electrons. The first-order chi connectivity index (χ1) is 7.92. The number of non-ortho nitro benzene ring substituents is 1. The van der Waals surface area contributed by atoms with Crippen LogP contribution in [-0.2, 0) is 9.84 Å². The molecule has 0 aromatic heterocycles. The van der Waals surface area contributed by atoms with E-state index in [1.807, 2.05) is 0 Å². The van der Waals surface area contributed by atoms with Crippen LogP contribution in [0.5, 0.6) is 0 Å². The van der Waals surface area contributed by atoms with Gasteiger partial charge >= 0.3 is 0 Å². The van der Waals surface area contributed by atoms with Crippen LogP contribution in [-0.4, -0.2) is 24.9 Å². The number of nitrogens with zero attached hydrogens (tertiary/aromatic N) is 1. The normalized spacial score (nSPS) is 18.2. The monoisotopic (exact) mass is 255 g/mol. The van der Waals surface area contributed by atoms with Gasteiger partial charge in [0.05, 0.1) is 15.6 Å². The third-order valence-corrected chi connectivity index (χ3v) is 4.48. The molecule has 17 heavy (non-hydrogen) atoms. The quantitative estimate of drug-likeness (QED) is 0.557. The van der Waals surface area contributed by atoms with Crippen LogP contribution < -0.4 is 0 Å². The molecule has 0 amide bonds. The summed E-state index contributed by atoms with van der Waals surface area (Å²) in [5.74, 6) is -0.450. The molecule has 6 nitrogen and oxygen atoms in total. The van der Waals surface area contributed by atoms with Crippen molar-refractivity contribution in [2.75, 3.05) is 5.75 Å². The van der Waals surface area contributed by atoms with Crippen molar-refractivity contribution in [1.29, 1.82) is 0 Å². The third kappa shape index (κ3) is 2.05. The topological polar surface area (TPSA) is 94.3 Å². The van der Waals surface area contributed by atoms with Crippen molar-refractivity contribution in [2.45, 2.75) is 17.7 Å². The van der Waals surface area contributed by atoms with E-state index in [1.165, 1.54) is 0 Å². The minimum atomic E-state index is -3.50. The number of ketones is 1. The highest BCUT2D eigenvalue weighted by Gasteiger charge is 2.28. The van der Waals surface area contributed by atoms with Gasteiger partial charge in [0.1, 0.15) is 0 Å². The van der Waals surface area contributed by atoms with E-state index in [4.69, 9.17) is 0 Å². The van der Waals surface area contributed by atoms with E-state index < -0.39 is 14.8 Å². The van der Waals surface area contributed by atoms with E-state index >= 15 is 0 Å². The van der Waals surface area contributed by atoms with Gasteiger partial charge in [-0.1, -0.05) is 0 Å². The van der Waals surface area contributed by atoms with E-state index in [0.717, 1.165) is 18.2 Å². The van der Waals surface area contributed by atoms with Crippen LogP contribution in [0.15, 0.2) is 23.1 Å². The van der Waals surface area contributed by atoms with Gasteiger partial charge < -0.3 is 0 Å². The molecule has 0 spiro atoms. The molecule has 1 aromatic carbocycles. The van der Waals surface area contributed by atoms with Crippen molar-refractivity contribution < 1.29 is 18.1 Å². The van der Waals surface area contributed by atoms with Crippen LogP contribution in [0.4, 0.5) is 5.69 Å². The molecule has 0 fully saturated rings. The Hall–Kier alpha value is -1.76. The molecule has 0 saturated carbocycles. The summed E-state index contributed by atoms with van der Waals surface area (Å²) in [5, 5.41) is 10.6. The van der Waals surface area contributed by atoms with Gasteiger partial charge in [0, 0.05) is 24.1 Å². The van der Waals surface area contributed by atoms with Gasteiger partial charge in [-0.05, 0) is 12.5 Å². The Kier molecular flexibility index (Phi) is 2.70. The van der Waals surface area contributed by atoms with Gasteiger partial charge in [0.25, 0.3) is 5.69 Å². The number of rotatable bonds is 1. The molecule has 0 atom stereocenters. The van der Waals surface area contributed by atoms with E-state index in [9.17, 15) is 23.3 Å². The summed E-state index contributed by atoms with van der Waals surface area (Å²) in [7, 11) is -3.50. The molecular weight excluding hydrogens is 246 g/mol. The molecule has 0 saturated heterocycles. The van der Waals surface area contributed by atoms with Crippen LogP contribution in [0.2, 0.25) is 0 Å². The van der Waals surface area contributed by atoms with Crippen LogP contribution in [0.3, 0.4) is 0 Å². The van der Waals surface area contributed by atoms with Gasteiger partial charge in [-0.2, -0.15) is 0 Å². The number of nitro benzene ring substituents is 1. The fourth-order valence-electron chi connectivity index (χ4n) is 1.79. The summed E-state index contributed by atoms with van der Waals surface area (Å²) in [6, 6.07) is 3.29. The zero-order chi connectivity index (χ0) is 12.6. The van der Waals surface area contributed by atoms with Crippen LogP contribution >= 0.6 is 0 Å². The number of benzene rings is 1. The maximum atomic E-state index is 11.8. The molecular formula is C10H9NO5S. The smallest absolute Gasteiger partial charge is 0.270 e. The van der Waals surface area contributed by atoms with Crippen molar-refractivity contribution >= 4 is 21.3 Å². The summed E-state index contributed by atoms with van der Waals surface area (Å²) in [5.41, 5.74) is -0.328. The Labute approximate surface area is 97.3 Å². The number of sulfone groups is 1.